The van der Waals surface area contributed by atoms with Crippen molar-refractivity contribution in [1.82, 2.24) is 13.9 Å². The first-order valence-corrected chi connectivity index (χ1v) is 11.4. The van der Waals surface area contributed by atoms with Gasteiger partial charge in [0, 0.05) is 30.1 Å². The van der Waals surface area contributed by atoms with Gasteiger partial charge in [0.1, 0.15) is 11.5 Å². The van der Waals surface area contributed by atoms with Gasteiger partial charge in [0.25, 0.3) is 5.56 Å². The highest BCUT2D eigenvalue weighted by Crippen LogP contribution is 2.23. The van der Waals surface area contributed by atoms with Gasteiger partial charge in [-0.05, 0) is 62.7 Å². The summed E-state index contributed by atoms with van der Waals surface area (Å²) in [6.07, 6.45) is 2.66. The lowest BCUT2D eigenvalue weighted by Gasteiger charge is -2.08. The summed E-state index contributed by atoms with van der Waals surface area (Å²) in [5, 5.41) is 0. The molecule has 0 radical (unpaired) electrons. The number of Topliss-reactive ketones (excluding diaryl/α,β-unsaturated/α-hetero) is 1. The molecule has 2 aromatic carbocycles. The van der Waals surface area contributed by atoms with Crippen molar-refractivity contribution in [3.05, 3.63) is 111 Å². The first-order valence-electron chi connectivity index (χ1n) is 11.4. The SMILES string of the molecule is Cc1cc(C(=O)COC(=O)/C=C/c2ccc(F)cc2)c(C)n1-c1c(C)n(C)n(-c2ccccc2)c1=O. The van der Waals surface area contributed by atoms with Crippen LogP contribution in [-0.4, -0.2) is 32.3 Å². The number of halogens is 1. The third-order valence-corrected chi connectivity index (χ3v) is 6.11. The van der Waals surface area contributed by atoms with Gasteiger partial charge in [0.2, 0.25) is 5.78 Å². The third-order valence-electron chi connectivity index (χ3n) is 6.11. The number of hydrogen-bond acceptors (Lipinski definition) is 4. The minimum atomic E-state index is -0.689. The van der Waals surface area contributed by atoms with E-state index in [2.05, 4.69) is 0 Å². The zero-order chi connectivity index (χ0) is 26.0. The van der Waals surface area contributed by atoms with Gasteiger partial charge in [0.05, 0.1) is 11.4 Å². The lowest BCUT2D eigenvalue weighted by molar-refractivity contribution is -0.136. The number of hydrogen-bond donors (Lipinski definition) is 0. The van der Waals surface area contributed by atoms with E-state index >= 15 is 0 Å². The van der Waals surface area contributed by atoms with E-state index in [9.17, 15) is 18.8 Å². The standard InChI is InChI=1S/C28H26FN3O4/c1-18-16-24(25(33)17-36-26(34)15-12-21-10-13-22(29)14-11-21)19(2)31(18)27-20(3)30(4)32(28(27)35)23-8-6-5-7-9-23/h5-16H,17H2,1-4H3/b15-12+. The minimum absolute atomic E-state index is 0.209. The summed E-state index contributed by atoms with van der Waals surface area (Å²) < 4.78 is 23.2. The van der Waals surface area contributed by atoms with Crippen molar-refractivity contribution < 1.29 is 18.7 Å². The number of para-hydroxylation sites is 1. The van der Waals surface area contributed by atoms with E-state index in [1.165, 1.54) is 36.4 Å². The Morgan fingerprint density at radius 2 is 1.64 bits per heavy atom. The third kappa shape index (κ3) is 4.70. The van der Waals surface area contributed by atoms with E-state index in [1.807, 2.05) is 51.2 Å². The quantitative estimate of drug-likeness (QED) is 0.219. The predicted octanol–water partition coefficient (Wildman–Crippen LogP) is 4.47. The Bertz CT molecular complexity index is 1520. The van der Waals surface area contributed by atoms with Gasteiger partial charge in [0.15, 0.2) is 6.61 Å². The largest absolute Gasteiger partial charge is 0.454 e. The maximum absolute atomic E-state index is 13.5. The molecule has 0 bridgehead atoms. The normalized spacial score (nSPS) is 11.2. The molecule has 0 saturated carbocycles. The summed E-state index contributed by atoms with van der Waals surface area (Å²) in [7, 11) is 1.81. The number of aryl methyl sites for hydroxylation is 1. The zero-order valence-electron chi connectivity index (χ0n) is 20.5. The second-order valence-corrected chi connectivity index (χ2v) is 8.45. The van der Waals surface area contributed by atoms with Crippen molar-refractivity contribution in [2.75, 3.05) is 6.61 Å². The topological polar surface area (TPSA) is 75.2 Å². The van der Waals surface area contributed by atoms with Crippen LogP contribution in [0, 0.1) is 26.6 Å². The van der Waals surface area contributed by atoms with Crippen molar-refractivity contribution in [3.63, 3.8) is 0 Å². The molecule has 8 heteroatoms. The summed E-state index contributed by atoms with van der Waals surface area (Å²) in [6, 6.07) is 16.6. The van der Waals surface area contributed by atoms with Crippen LogP contribution >= 0.6 is 0 Å². The monoisotopic (exact) mass is 487 g/mol. The van der Waals surface area contributed by atoms with Crippen LogP contribution in [0.25, 0.3) is 17.5 Å². The number of ether oxygens (including phenoxy) is 1. The van der Waals surface area contributed by atoms with Crippen LogP contribution < -0.4 is 5.56 Å². The van der Waals surface area contributed by atoms with Crippen LogP contribution in [0.4, 0.5) is 4.39 Å². The number of carbonyl (C=O) groups is 2. The molecule has 0 aliphatic rings. The molecule has 0 unspecified atom stereocenters. The molecule has 0 amide bonds. The Kier molecular flexibility index (Phi) is 6.87. The molecule has 36 heavy (non-hydrogen) atoms. The Morgan fingerprint density at radius 1 is 0.972 bits per heavy atom. The average molecular weight is 488 g/mol. The van der Waals surface area contributed by atoms with Crippen molar-refractivity contribution in [1.29, 1.82) is 0 Å². The molecule has 2 aromatic heterocycles. The molecule has 0 aliphatic heterocycles. The van der Waals surface area contributed by atoms with Gasteiger partial charge in [-0.15, -0.1) is 0 Å². The maximum atomic E-state index is 13.5. The molecule has 4 rings (SSSR count). The first-order chi connectivity index (χ1) is 17.2. The lowest BCUT2D eigenvalue weighted by atomic mass is 10.1. The van der Waals surface area contributed by atoms with Crippen molar-refractivity contribution >= 4 is 17.8 Å². The van der Waals surface area contributed by atoms with E-state index in [0.717, 1.165) is 11.4 Å². The van der Waals surface area contributed by atoms with Crippen LogP contribution in [0.15, 0.2) is 71.5 Å². The molecule has 0 spiro atoms. The molecular formula is C28H26FN3O4. The van der Waals surface area contributed by atoms with E-state index in [0.29, 0.717) is 28.2 Å². The highest BCUT2D eigenvalue weighted by Gasteiger charge is 2.24. The molecule has 7 nitrogen and oxygen atoms in total. The number of aromatic nitrogens is 3. The molecule has 0 aliphatic carbocycles. The number of benzene rings is 2. The van der Waals surface area contributed by atoms with E-state index < -0.39 is 12.6 Å². The maximum Gasteiger partial charge on any atom is 0.331 e. The molecule has 4 aromatic rings. The second-order valence-electron chi connectivity index (χ2n) is 8.45. The van der Waals surface area contributed by atoms with Gasteiger partial charge in [-0.3, -0.25) is 14.3 Å². The molecular weight excluding hydrogens is 461 g/mol. The van der Waals surface area contributed by atoms with E-state index in [-0.39, 0.29) is 17.2 Å². The van der Waals surface area contributed by atoms with Crippen molar-refractivity contribution in [3.8, 4) is 11.4 Å². The molecule has 0 saturated heterocycles. The fourth-order valence-corrected chi connectivity index (χ4v) is 4.20. The molecule has 0 fully saturated rings. The number of carbonyl (C=O) groups excluding carboxylic acids is 2. The Morgan fingerprint density at radius 3 is 2.31 bits per heavy atom. The van der Waals surface area contributed by atoms with Crippen molar-refractivity contribution in [2.45, 2.75) is 20.8 Å². The Balaban J connectivity index is 1.56. The number of esters is 1. The lowest BCUT2D eigenvalue weighted by Crippen LogP contribution is -2.22. The van der Waals surface area contributed by atoms with Crippen LogP contribution in [-0.2, 0) is 16.6 Å². The number of rotatable bonds is 7. The predicted molar refractivity (Wildman–Crippen MR) is 135 cm³/mol. The second kappa shape index (κ2) is 10.0. The fourth-order valence-electron chi connectivity index (χ4n) is 4.20. The van der Waals surface area contributed by atoms with Gasteiger partial charge >= 0.3 is 5.97 Å². The fraction of sp³-hybridized carbons (Fsp3) is 0.179. The highest BCUT2D eigenvalue weighted by molar-refractivity contribution is 6.00. The highest BCUT2D eigenvalue weighted by atomic mass is 19.1. The van der Waals surface area contributed by atoms with Crippen LogP contribution in [0.1, 0.15) is 33.0 Å². The molecule has 184 valence electrons. The summed E-state index contributed by atoms with van der Waals surface area (Å²) in [4.78, 5) is 38.4. The molecule has 0 atom stereocenters. The summed E-state index contributed by atoms with van der Waals surface area (Å²) in [5.41, 5.74) is 4.01. The number of ketones is 1. The average Bonchev–Trinajstić information content (AvgIpc) is 3.28. The summed E-state index contributed by atoms with van der Waals surface area (Å²) >= 11 is 0. The van der Waals surface area contributed by atoms with Crippen LogP contribution in [0.5, 0.6) is 0 Å². The van der Waals surface area contributed by atoms with E-state index in [1.54, 1.807) is 26.9 Å². The smallest absolute Gasteiger partial charge is 0.331 e. The van der Waals surface area contributed by atoms with Gasteiger partial charge in [-0.1, -0.05) is 30.3 Å². The minimum Gasteiger partial charge on any atom is -0.454 e. The number of nitrogens with zero attached hydrogens (tertiary/aromatic N) is 3. The van der Waals surface area contributed by atoms with Crippen LogP contribution in [0.2, 0.25) is 0 Å². The molecule has 0 N–H and O–H groups in total. The summed E-state index contributed by atoms with van der Waals surface area (Å²) in [5.74, 6) is -1.44. The van der Waals surface area contributed by atoms with Crippen molar-refractivity contribution in [2.24, 2.45) is 7.05 Å². The first kappa shape index (κ1) is 24.7. The zero-order valence-corrected chi connectivity index (χ0v) is 20.5. The van der Waals surface area contributed by atoms with E-state index in [4.69, 9.17) is 4.74 Å². The van der Waals surface area contributed by atoms with Crippen LogP contribution in [0.3, 0.4) is 0 Å². The van der Waals surface area contributed by atoms with Gasteiger partial charge in [-0.25, -0.2) is 13.9 Å². The van der Waals surface area contributed by atoms with Gasteiger partial charge < -0.3 is 9.30 Å². The Hall–Kier alpha value is -4.46. The summed E-state index contributed by atoms with van der Waals surface area (Å²) in [6.45, 7) is 4.99. The Labute approximate surface area is 207 Å². The van der Waals surface area contributed by atoms with Gasteiger partial charge in [-0.2, -0.15) is 0 Å². The molecule has 2 heterocycles.